The summed E-state index contributed by atoms with van der Waals surface area (Å²) in [6, 6.07) is 16.8. The van der Waals surface area contributed by atoms with Gasteiger partial charge in [0, 0.05) is 11.4 Å². The molecule has 2 heteroatoms. The lowest BCUT2D eigenvalue weighted by Gasteiger charge is -2.07. The number of rotatable bonds is 2. The standard InChI is InChI=1S/C14H15N.H2O/c1-11-5-3-7-13(9-11)15-14-8-4-6-12(2)10-14;/h3-10,15H,1-2H3;1H2. The number of nitrogens with one attached hydrogen (secondary N) is 1. The predicted octanol–water partition coefficient (Wildman–Crippen LogP) is 3.22. The van der Waals surface area contributed by atoms with Crippen LogP contribution in [0.1, 0.15) is 11.1 Å². The zero-order valence-corrected chi connectivity index (χ0v) is 9.62. The van der Waals surface area contributed by atoms with E-state index in [0.29, 0.717) is 0 Å². The highest BCUT2D eigenvalue weighted by atomic mass is 16.0. The lowest BCUT2D eigenvalue weighted by atomic mass is 10.2. The Hall–Kier alpha value is -1.80. The Morgan fingerprint density at radius 3 is 1.56 bits per heavy atom. The molecule has 2 aromatic carbocycles. The maximum atomic E-state index is 3.39. The van der Waals surface area contributed by atoms with Crippen LogP contribution in [0.25, 0.3) is 0 Å². The monoisotopic (exact) mass is 215 g/mol. The van der Waals surface area contributed by atoms with E-state index in [4.69, 9.17) is 0 Å². The summed E-state index contributed by atoms with van der Waals surface area (Å²) in [6.45, 7) is 4.20. The van der Waals surface area contributed by atoms with Crippen molar-refractivity contribution >= 4 is 11.4 Å². The Bertz CT molecular complexity index is 422. The van der Waals surface area contributed by atoms with Crippen molar-refractivity contribution in [2.45, 2.75) is 13.8 Å². The van der Waals surface area contributed by atoms with Crippen molar-refractivity contribution in [2.75, 3.05) is 5.32 Å². The topological polar surface area (TPSA) is 43.5 Å². The molecule has 3 N–H and O–H groups in total. The summed E-state index contributed by atoms with van der Waals surface area (Å²) in [4.78, 5) is 0. The average molecular weight is 215 g/mol. The molecule has 0 heterocycles. The number of hydrogen-bond donors (Lipinski definition) is 1. The molecule has 0 atom stereocenters. The molecule has 0 unspecified atom stereocenters. The second-order valence-corrected chi connectivity index (χ2v) is 3.86. The molecule has 0 aliphatic carbocycles. The maximum Gasteiger partial charge on any atom is 0.0386 e. The number of anilines is 2. The molecule has 0 saturated carbocycles. The summed E-state index contributed by atoms with van der Waals surface area (Å²) in [5.41, 5.74) is 4.82. The molecule has 0 radical (unpaired) electrons. The largest absolute Gasteiger partial charge is 0.412 e. The van der Waals surface area contributed by atoms with Gasteiger partial charge in [0.05, 0.1) is 0 Å². The van der Waals surface area contributed by atoms with Crippen LogP contribution in [0.4, 0.5) is 11.4 Å². The van der Waals surface area contributed by atoms with Gasteiger partial charge in [0.15, 0.2) is 0 Å². The highest BCUT2D eigenvalue weighted by Crippen LogP contribution is 2.18. The first-order valence-electron chi connectivity index (χ1n) is 5.14. The van der Waals surface area contributed by atoms with Crippen molar-refractivity contribution in [3.8, 4) is 0 Å². The lowest BCUT2D eigenvalue weighted by Crippen LogP contribution is -1.90. The smallest absolute Gasteiger partial charge is 0.0386 e. The molecule has 0 bridgehead atoms. The van der Waals surface area contributed by atoms with E-state index in [0.717, 1.165) is 11.4 Å². The third-order valence-corrected chi connectivity index (χ3v) is 2.32. The van der Waals surface area contributed by atoms with Crippen molar-refractivity contribution in [2.24, 2.45) is 0 Å². The normalized spacial score (nSPS) is 9.38. The van der Waals surface area contributed by atoms with Crippen molar-refractivity contribution < 1.29 is 5.48 Å². The molecule has 0 fully saturated rings. The van der Waals surface area contributed by atoms with Gasteiger partial charge in [0.1, 0.15) is 0 Å². The van der Waals surface area contributed by atoms with E-state index in [1.54, 1.807) is 0 Å². The first-order chi connectivity index (χ1) is 7.24. The van der Waals surface area contributed by atoms with Crippen LogP contribution >= 0.6 is 0 Å². The highest BCUT2D eigenvalue weighted by molar-refractivity contribution is 5.60. The fourth-order valence-corrected chi connectivity index (χ4v) is 1.61. The molecule has 0 spiro atoms. The zero-order chi connectivity index (χ0) is 10.7. The van der Waals surface area contributed by atoms with Crippen LogP contribution in [-0.2, 0) is 0 Å². The van der Waals surface area contributed by atoms with Crippen LogP contribution in [0.15, 0.2) is 48.5 Å². The molecule has 0 aromatic heterocycles. The average Bonchev–Trinajstić information content (AvgIpc) is 2.17. The third-order valence-electron chi connectivity index (χ3n) is 2.32. The zero-order valence-electron chi connectivity index (χ0n) is 9.62. The summed E-state index contributed by atoms with van der Waals surface area (Å²) in [6.07, 6.45) is 0. The van der Waals surface area contributed by atoms with Crippen LogP contribution in [-0.4, -0.2) is 5.48 Å². The van der Waals surface area contributed by atoms with Crippen LogP contribution in [0.2, 0.25) is 0 Å². The number of benzene rings is 2. The Labute approximate surface area is 96.2 Å². The van der Waals surface area contributed by atoms with E-state index in [2.05, 4.69) is 67.7 Å². The second kappa shape index (κ2) is 5.33. The van der Waals surface area contributed by atoms with Gasteiger partial charge in [-0.3, -0.25) is 0 Å². The maximum absolute atomic E-state index is 3.39. The quantitative estimate of drug-likeness (QED) is 0.821. The summed E-state index contributed by atoms with van der Waals surface area (Å²) in [7, 11) is 0. The molecule has 16 heavy (non-hydrogen) atoms. The van der Waals surface area contributed by atoms with Gasteiger partial charge >= 0.3 is 0 Å². The molecule has 2 rings (SSSR count). The van der Waals surface area contributed by atoms with Crippen LogP contribution < -0.4 is 5.32 Å². The van der Waals surface area contributed by atoms with Gasteiger partial charge < -0.3 is 10.8 Å². The molecule has 0 saturated heterocycles. The van der Waals surface area contributed by atoms with Gasteiger partial charge in [-0.2, -0.15) is 0 Å². The van der Waals surface area contributed by atoms with Gasteiger partial charge in [-0.05, 0) is 49.2 Å². The Morgan fingerprint density at radius 1 is 0.750 bits per heavy atom. The lowest BCUT2D eigenvalue weighted by molar-refractivity contribution is 0.824. The minimum Gasteiger partial charge on any atom is -0.412 e. The van der Waals surface area contributed by atoms with Gasteiger partial charge in [0.2, 0.25) is 0 Å². The first kappa shape index (κ1) is 12.3. The molecule has 2 nitrogen and oxygen atoms in total. The summed E-state index contributed by atoms with van der Waals surface area (Å²) in [5, 5.41) is 3.39. The minimum atomic E-state index is 0. The van der Waals surface area contributed by atoms with Gasteiger partial charge in [-0.25, -0.2) is 0 Å². The second-order valence-electron chi connectivity index (χ2n) is 3.86. The highest BCUT2D eigenvalue weighted by Gasteiger charge is 1.94. The molecule has 0 amide bonds. The van der Waals surface area contributed by atoms with Crippen LogP contribution in [0, 0.1) is 13.8 Å². The van der Waals surface area contributed by atoms with E-state index >= 15 is 0 Å². The Morgan fingerprint density at radius 2 is 1.19 bits per heavy atom. The summed E-state index contributed by atoms with van der Waals surface area (Å²) in [5.74, 6) is 0. The number of aryl methyl sites for hydroxylation is 2. The molecule has 0 aliphatic heterocycles. The first-order valence-corrected chi connectivity index (χ1v) is 5.14. The number of hydrogen-bond acceptors (Lipinski definition) is 1. The van der Waals surface area contributed by atoms with Crippen molar-refractivity contribution in [1.29, 1.82) is 0 Å². The van der Waals surface area contributed by atoms with Crippen molar-refractivity contribution in [3.05, 3.63) is 59.7 Å². The fourth-order valence-electron chi connectivity index (χ4n) is 1.61. The van der Waals surface area contributed by atoms with E-state index in [1.807, 2.05) is 0 Å². The molecular weight excluding hydrogens is 198 g/mol. The van der Waals surface area contributed by atoms with Crippen LogP contribution in [0.3, 0.4) is 0 Å². The van der Waals surface area contributed by atoms with Crippen LogP contribution in [0.5, 0.6) is 0 Å². The molecular formula is C14H17NO. The summed E-state index contributed by atoms with van der Waals surface area (Å²) < 4.78 is 0. The molecule has 2 aromatic rings. The van der Waals surface area contributed by atoms with Gasteiger partial charge in [0.25, 0.3) is 0 Å². The molecule has 0 aliphatic rings. The SMILES string of the molecule is Cc1cccc(Nc2cccc(C)c2)c1.O. The van der Waals surface area contributed by atoms with Crippen molar-refractivity contribution in [3.63, 3.8) is 0 Å². The summed E-state index contributed by atoms with van der Waals surface area (Å²) >= 11 is 0. The minimum absolute atomic E-state index is 0. The molecule has 84 valence electrons. The van der Waals surface area contributed by atoms with Crippen molar-refractivity contribution in [1.82, 2.24) is 0 Å². The van der Waals surface area contributed by atoms with E-state index in [1.165, 1.54) is 11.1 Å². The fraction of sp³-hybridized carbons (Fsp3) is 0.143. The van der Waals surface area contributed by atoms with E-state index < -0.39 is 0 Å². The Kier molecular flexibility index (Phi) is 4.09. The van der Waals surface area contributed by atoms with Gasteiger partial charge in [-0.15, -0.1) is 0 Å². The van der Waals surface area contributed by atoms with Gasteiger partial charge in [-0.1, -0.05) is 24.3 Å². The van der Waals surface area contributed by atoms with E-state index in [9.17, 15) is 0 Å². The predicted molar refractivity (Wildman–Crippen MR) is 69.3 cm³/mol. The third kappa shape index (κ3) is 3.11. The Balaban J connectivity index is 0.00000128. The van der Waals surface area contributed by atoms with E-state index in [-0.39, 0.29) is 5.48 Å².